The molecule has 0 radical (unpaired) electrons. The molecule has 2 aromatic heterocycles. The highest BCUT2D eigenvalue weighted by atomic mass is 16.5. The fraction of sp³-hybridized carbons (Fsp3) is 0.222. The summed E-state index contributed by atoms with van der Waals surface area (Å²) in [6, 6.07) is 11.3. The van der Waals surface area contributed by atoms with Gasteiger partial charge in [0.25, 0.3) is 5.91 Å². The monoisotopic (exact) mass is 324 g/mol. The Bertz CT molecular complexity index is 837. The lowest BCUT2D eigenvalue weighted by molar-refractivity contribution is 0.0939. The summed E-state index contributed by atoms with van der Waals surface area (Å²) in [5, 5.41) is 7.23. The molecule has 0 fully saturated rings. The summed E-state index contributed by atoms with van der Waals surface area (Å²) in [6.07, 6.45) is 5.36. The second-order valence-electron chi connectivity index (χ2n) is 5.53. The van der Waals surface area contributed by atoms with E-state index in [1.807, 2.05) is 67.3 Å². The van der Waals surface area contributed by atoms with Crippen LogP contribution in [0.1, 0.15) is 28.9 Å². The predicted octanol–water partition coefficient (Wildman–Crippen LogP) is 2.71. The molecule has 3 aromatic rings. The standard InChI is InChI=1S/C18H20N4O2/c1-13(14-8-4-5-9-16(14)24-3)20-17(23)15-12-19-21(2)18(15)22-10-6-7-11-22/h4-13H,1-3H3,(H,20,23). The summed E-state index contributed by atoms with van der Waals surface area (Å²) in [6.45, 7) is 1.93. The van der Waals surface area contributed by atoms with E-state index >= 15 is 0 Å². The van der Waals surface area contributed by atoms with Gasteiger partial charge in [-0.15, -0.1) is 0 Å². The van der Waals surface area contributed by atoms with E-state index in [1.165, 1.54) is 0 Å². The number of carbonyl (C=O) groups excluding carboxylic acids is 1. The topological polar surface area (TPSA) is 61.1 Å². The van der Waals surface area contributed by atoms with Gasteiger partial charge in [0.15, 0.2) is 0 Å². The van der Waals surface area contributed by atoms with Gasteiger partial charge in [0.1, 0.15) is 17.1 Å². The second-order valence-corrected chi connectivity index (χ2v) is 5.53. The first kappa shape index (κ1) is 15.9. The van der Waals surface area contributed by atoms with Crippen LogP contribution < -0.4 is 10.1 Å². The Morgan fingerprint density at radius 3 is 2.62 bits per heavy atom. The molecule has 1 N–H and O–H groups in total. The van der Waals surface area contributed by atoms with Crippen LogP contribution in [0.15, 0.2) is 55.0 Å². The Balaban J connectivity index is 1.86. The van der Waals surface area contributed by atoms with Gasteiger partial charge in [-0.05, 0) is 25.1 Å². The summed E-state index contributed by atoms with van der Waals surface area (Å²) < 4.78 is 8.92. The summed E-state index contributed by atoms with van der Waals surface area (Å²) >= 11 is 0. The molecule has 0 aliphatic rings. The van der Waals surface area contributed by atoms with Gasteiger partial charge in [-0.3, -0.25) is 9.48 Å². The van der Waals surface area contributed by atoms with E-state index in [1.54, 1.807) is 18.0 Å². The molecule has 6 heteroatoms. The first-order valence-corrected chi connectivity index (χ1v) is 7.71. The highest BCUT2D eigenvalue weighted by molar-refractivity contribution is 5.97. The molecule has 2 heterocycles. The van der Waals surface area contributed by atoms with Gasteiger partial charge in [0, 0.05) is 25.0 Å². The number of hydrogen-bond donors (Lipinski definition) is 1. The van der Waals surface area contributed by atoms with E-state index in [0.717, 1.165) is 17.1 Å². The van der Waals surface area contributed by atoms with Crippen molar-refractivity contribution in [2.45, 2.75) is 13.0 Å². The van der Waals surface area contributed by atoms with Crippen molar-refractivity contribution in [1.82, 2.24) is 19.7 Å². The Morgan fingerprint density at radius 1 is 1.21 bits per heavy atom. The number of hydrogen-bond acceptors (Lipinski definition) is 3. The number of para-hydroxylation sites is 1. The zero-order valence-corrected chi connectivity index (χ0v) is 13.9. The van der Waals surface area contributed by atoms with Crippen LogP contribution >= 0.6 is 0 Å². The zero-order valence-electron chi connectivity index (χ0n) is 13.9. The van der Waals surface area contributed by atoms with Crippen LogP contribution in [0.4, 0.5) is 0 Å². The number of nitrogens with one attached hydrogen (secondary N) is 1. The first-order valence-electron chi connectivity index (χ1n) is 7.71. The molecule has 0 aliphatic carbocycles. The largest absolute Gasteiger partial charge is 0.496 e. The minimum Gasteiger partial charge on any atom is -0.496 e. The van der Waals surface area contributed by atoms with Gasteiger partial charge in [-0.2, -0.15) is 5.10 Å². The number of methoxy groups -OCH3 is 1. The van der Waals surface area contributed by atoms with Crippen LogP contribution in [-0.2, 0) is 7.05 Å². The number of aromatic nitrogens is 3. The molecule has 3 rings (SSSR count). The number of aryl methyl sites for hydroxylation is 1. The quantitative estimate of drug-likeness (QED) is 0.785. The van der Waals surface area contributed by atoms with E-state index < -0.39 is 0 Å². The van der Waals surface area contributed by atoms with Crippen LogP contribution in [0.25, 0.3) is 5.82 Å². The smallest absolute Gasteiger partial charge is 0.257 e. The van der Waals surface area contributed by atoms with Crippen LogP contribution in [-0.4, -0.2) is 27.4 Å². The molecule has 24 heavy (non-hydrogen) atoms. The molecule has 0 saturated heterocycles. The van der Waals surface area contributed by atoms with Gasteiger partial charge >= 0.3 is 0 Å². The van der Waals surface area contributed by atoms with Crippen molar-refractivity contribution in [3.63, 3.8) is 0 Å². The molecule has 6 nitrogen and oxygen atoms in total. The van der Waals surface area contributed by atoms with Crippen molar-refractivity contribution in [3.05, 3.63) is 66.1 Å². The molecule has 0 saturated carbocycles. The third kappa shape index (κ3) is 2.90. The van der Waals surface area contributed by atoms with Gasteiger partial charge in [-0.1, -0.05) is 18.2 Å². The minimum absolute atomic E-state index is 0.176. The van der Waals surface area contributed by atoms with Crippen LogP contribution in [0.5, 0.6) is 5.75 Å². The highest BCUT2D eigenvalue weighted by Crippen LogP contribution is 2.25. The Kier molecular flexibility index (Phi) is 4.37. The fourth-order valence-electron chi connectivity index (χ4n) is 2.75. The molecule has 0 bridgehead atoms. The van der Waals surface area contributed by atoms with E-state index in [9.17, 15) is 4.79 Å². The van der Waals surface area contributed by atoms with Crippen molar-refractivity contribution in [2.75, 3.05) is 7.11 Å². The van der Waals surface area contributed by atoms with E-state index in [-0.39, 0.29) is 11.9 Å². The average molecular weight is 324 g/mol. The number of amides is 1. The lowest BCUT2D eigenvalue weighted by Gasteiger charge is -2.17. The summed E-state index contributed by atoms with van der Waals surface area (Å²) in [7, 11) is 3.44. The zero-order chi connectivity index (χ0) is 17.1. The van der Waals surface area contributed by atoms with E-state index in [0.29, 0.717) is 5.56 Å². The SMILES string of the molecule is COc1ccccc1C(C)NC(=O)c1cnn(C)c1-n1cccc1. The number of benzene rings is 1. The lowest BCUT2D eigenvalue weighted by Crippen LogP contribution is -2.27. The third-order valence-electron chi connectivity index (χ3n) is 3.95. The Labute approximate surface area is 140 Å². The maximum Gasteiger partial charge on any atom is 0.257 e. The van der Waals surface area contributed by atoms with Gasteiger partial charge in [0.2, 0.25) is 0 Å². The van der Waals surface area contributed by atoms with Gasteiger partial charge < -0.3 is 14.6 Å². The van der Waals surface area contributed by atoms with Crippen LogP contribution in [0.3, 0.4) is 0 Å². The summed E-state index contributed by atoms with van der Waals surface area (Å²) in [5.74, 6) is 1.30. The average Bonchev–Trinajstić information content (AvgIpc) is 3.23. The van der Waals surface area contributed by atoms with Gasteiger partial charge in [-0.25, -0.2) is 0 Å². The van der Waals surface area contributed by atoms with E-state index in [4.69, 9.17) is 4.74 Å². The molecule has 124 valence electrons. The van der Waals surface area contributed by atoms with Crippen molar-refractivity contribution in [1.29, 1.82) is 0 Å². The molecule has 1 unspecified atom stereocenters. The first-order chi connectivity index (χ1) is 11.6. The number of carbonyl (C=O) groups is 1. The number of nitrogens with zero attached hydrogens (tertiary/aromatic N) is 3. The van der Waals surface area contributed by atoms with Gasteiger partial charge in [0.05, 0.1) is 19.3 Å². The van der Waals surface area contributed by atoms with Crippen molar-refractivity contribution in [3.8, 4) is 11.6 Å². The normalized spacial score (nSPS) is 12.0. The molecule has 1 aromatic carbocycles. The molecular weight excluding hydrogens is 304 g/mol. The van der Waals surface area contributed by atoms with E-state index in [2.05, 4.69) is 10.4 Å². The van der Waals surface area contributed by atoms with Crippen LogP contribution in [0.2, 0.25) is 0 Å². The van der Waals surface area contributed by atoms with Crippen LogP contribution in [0, 0.1) is 0 Å². The number of ether oxygens (including phenoxy) is 1. The van der Waals surface area contributed by atoms with Crippen molar-refractivity contribution in [2.24, 2.45) is 7.05 Å². The highest BCUT2D eigenvalue weighted by Gasteiger charge is 2.20. The molecule has 0 spiro atoms. The number of rotatable bonds is 5. The summed E-state index contributed by atoms with van der Waals surface area (Å²) in [4.78, 5) is 12.7. The Hall–Kier alpha value is -3.02. The molecule has 1 amide bonds. The van der Waals surface area contributed by atoms with Crippen molar-refractivity contribution >= 4 is 5.91 Å². The second kappa shape index (κ2) is 6.62. The summed E-state index contributed by atoms with van der Waals surface area (Å²) in [5.41, 5.74) is 1.45. The predicted molar refractivity (Wildman–Crippen MR) is 91.4 cm³/mol. The fourth-order valence-corrected chi connectivity index (χ4v) is 2.75. The molecule has 1 atom stereocenters. The molecule has 0 aliphatic heterocycles. The lowest BCUT2D eigenvalue weighted by atomic mass is 10.1. The minimum atomic E-state index is -0.189. The maximum atomic E-state index is 12.7. The Morgan fingerprint density at radius 2 is 1.92 bits per heavy atom. The molecular formula is C18H20N4O2. The maximum absolute atomic E-state index is 12.7. The third-order valence-corrected chi connectivity index (χ3v) is 3.95. The van der Waals surface area contributed by atoms with Crippen molar-refractivity contribution < 1.29 is 9.53 Å².